The Labute approximate surface area is 119 Å². The number of hydrogen-bond donors (Lipinski definition) is 1. The minimum Gasteiger partial charge on any atom is -0.490 e. The third kappa shape index (κ3) is 3.62. The number of alkyl halides is 3. The molecule has 0 fully saturated rings. The average molecular weight is 297 g/mol. The standard InChI is InChI=1S/C14H14F3N3O/c1-8(2)21-11-6-4-3-5-9(11)10-7-12(18)20-13(19-10)14(15,16)17/h3-8H,1-2H3,(H2,18,19,20). The van der Waals surface area contributed by atoms with Gasteiger partial charge in [-0.3, -0.25) is 0 Å². The second-order valence-electron chi connectivity index (χ2n) is 4.66. The largest absolute Gasteiger partial charge is 0.490 e. The molecule has 112 valence electrons. The Bertz CT molecular complexity index is 642. The summed E-state index contributed by atoms with van der Waals surface area (Å²) in [5.41, 5.74) is 5.96. The lowest BCUT2D eigenvalue weighted by molar-refractivity contribution is -0.144. The Morgan fingerprint density at radius 2 is 1.81 bits per heavy atom. The van der Waals surface area contributed by atoms with E-state index in [1.165, 1.54) is 6.07 Å². The summed E-state index contributed by atoms with van der Waals surface area (Å²) in [5, 5.41) is 0. The topological polar surface area (TPSA) is 61.0 Å². The number of hydrogen-bond acceptors (Lipinski definition) is 4. The molecule has 2 aromatic rings. The van der Waals surface area contributed by atoms with E-state index in [-0.39, 0.29) is 17.6 Å². The SMILES string of the molecule is CC(C)Oc1ccccc1-c1cc(N)nc(C(F)(F)F)n1. The van der Waals surface area contributed by atoms with E-state index in [0.29, 0.717) is 11.3 Å². The van der Waals surface area contributed by atoms with E-state index < -0.39 is 12.0 Å². The smallest absolute Gasteiger partial charge is 0.451 e. The molecule has 7 heteroatoms. The number of anilines is 1. The van der Waals surface area contributed by atoms with Crippen LogP contribution in [0.5, 0.6) is 5.75 Å². The summed E-state index contributed by atoms with van der Waals surface area (Å²) in [6.45, 7) is 3.65. The van der Waals surface area contributed by atoms with Crippen molar-refractivity contribution >= 4 is 5.82 Å². The fourth-order valence-electron chi connectivity index (χ4n) is 1.77. The van der Waals surface area contributed by atoms with E-state index in [1.807, 2.05) is 13.8 Å². The first kappa shape index (κ1) is 15.1. The Morgan fingerprint density at radius 1 is 1.14 bits per heavy atom. The van der Waals surface area contributed by atoms with E-state index in [2.05, 4.69) is 9.97 Å². The molecule has 0 bridgehead atoms. The van der Waals surface area contributed by atoms with Gasteiger partial charge in [0.15, 0.2) is 0 Å². The van der Waals surface area contributed by atoms with Crippen LogP contribution in [0.2, 0.25) is 0 Å². The molecule has 0 saturated carbocycles. The maximum atomic E-state index is 12.8. The molecule has 2 N–H and O–H groups in total. The van der Waals surface area contributed by atoms with Gasteiger partial charge in [0, 0.05) is 11.6 Å². The van der Waals surface area contributed by atoms with Gasteiger partial charge in [-0.1, -0.05) is 12.1 Å². The highest BCUT2D eigenvalue weighted by atomic mass is 19.4. The summed E-state index contributed by atoms with van der Waals surface area (Å²) >= 11 is 0. The van der Waals surface area contributed by atoms with Crippen LogP contribution in [0.3, 0.4) is 0 Å². The molecule has 0 aliphatic heterocycles. The van der Waals surface area contributed by atoms with E-state index in [9.17, 15) is 13.2 Å². The van der Waals surface area contributed by atoms with Crippen molar-refractivity contribution in [2.24, 2.45) is 0 Å². The molecule has 4 nitrogen and oxygen atoms in total. The van der Waals surface area contributed by atoms with Crippen molar-refractivity contribution in [2.45, 2.75) is 26.1 Å². The van der Waals surface area contributed by atoms with Gasteiger partial charge in [-0.15, -0.1) is 0 Å². The van der Waals surface area contributed by atoms with Crippen molar-refractivity contribution in [1.29, 1.82) is 0 Å². The maximum Gasteiger partial charge on any atom is 0.451 e. The number of rotatable bonds is 3. The highest BCUT2D eigenvalue weighted by Gasteiger charge is 2.35. The first-order valence-electron chi connectivity index (χ1n) is 6.25. The van der Waals surface area contributed by atoms with Gasteiger partial charge >= 0.3 is 6.18 Å². The van der Waals surface area contributed by atoms with Crippen molar-refractivity contribution in [3.05, 3.63) is 36.2 Å². The zero-order chi connectivity index (χ0) is 15.6. The number of ether oxygens (including phenoxy) is 1. The third-order valence-corrected chi connectivity index (χ3v) is 2.53. The summed E-state index contributed by atoms with van der Waals surface area (Å²) in [6, 6.07) is 8.00. The molecule has 0 radical (unpaired) electrons. The lowest BCUT2D eigenvalue weighted by Crippen LogP contribution is -2.13. The lowest BCUT2D eigenvalue weighted by Gasteiger charge is -2.15. The summed E-state index contributed by atoms with van der Waals surface area (Å²) in [4.78, 5) is 6.77. The average Bonchev–Trinajstić information content (AvgIpc) is 2.37. The number of nitrogens with zero attached hydrogens (tertiary/aromatic N) is 2. The molecule has 0 aliphatic rings. The Hall–Kier alpha value is -2.31. The zero-order valence-electron chi connectivity index (χ0n) is 11.5. The van der Waals surface area contributed by atoms with Gasteiger partial charge in [0.05, 0.1) is 11.8 Å². The Morgan fingerprint density at radius 3 is 2.43 bits per heavy atom. The molecule has 0 aliphatic carbocycles. The summed E-state index contributed by atoms with van der Waals surface area (Å²) in [6.07, 6.45) is -4.77. The van der Waals surface area contributed by atoms with Gasteiger partial charge in [-0.05, 0) is 26.0 Å². The van der Waals surface area contributed by atoms with Crippen LogP contribution < -0.4 is 10.5 Å². The fraction of sp³-hybridized carbons (Fsp3) is 0.286. The molecule has 0 amide bonds. The van der Waals surface area contributed by atoms with Crippen LogP contribution in [0.25, 0.3) is 11.3 Å². The highest BCUT2D eigenvalue weighted by molar-refractivity contribution is 5.68. The van der Waals surface area contributed by atoms with Crippen molar-refractivity contribution < 1.29 is 17.9 Å². The van der Waals surface area contributed by atoms with Gasteiger partial charge < -0.3 is 10.5 Å². The molecule has 21 heavy (non-hydrogen) atoms. The summed E-state index contributed by atoms with van der Waals surface area (Å²) in [7, 11) is 0. The van der Waals surface area contributed by atoms with Gasteiger partial charge in [0.1, 0.15) is 11.6 Å². The lowest BCUT2D eigenvalue weighted by atomic mass is 10.1. The molecule has 0 saturated heterocycles. The van der Waals surface area contributed by atoms with E-state index in [0.717, 1.165) is 0 Å². The molecule has 1 heterocycles. The van der Waals surface area contributed by atoms with Crippen LogP contribution in [0, 0.1) is 0 Å². The number of nitrogen functional groups attached to an aromatic ring is 1. The summed E-state index contributed by atoms with van der Waals surface area (Å²) in [5.74, 6) is -1.07. The highest BCUT2D eigenvalue weighted by Crippen LogP contribution is 2.33. The Balaban J connectivity index is 2.54. The minimum atomic E-state index is -4.65. The Kier molecular flexibility index (Phi) is 4.02. The van der Waals surface area contributed by atoms with Crippen LogP contribution in [0.4, 0.5) is 19.0 Å². The van der Waals surface area contributed by atoms with Gasteiger partial charge in [-0.25, -0.2) is 9.97 Å². The van der Waals surface area contributed by atoms with Gasteiger partial charge in [0.25, 0.3) is 0 Å². The normalized spacial score (nSPS) is 11.7. The minimum absolute atomic E-state index is 0.0751. The van der Waals surface area contributed by atoms with Crippen LogP contribution in [0.15, 0.2) is 30.3 Å². The van der Waals surface area contributed by atoms with Crippen molar-refractivity contribution in [1.82, 2.24) is 9.97 Å². The van der Waals surface area contributed by atoms with Gasteiger partial charge in [-0.2, -0.15) is 13.2 Å². The maximum absolute atomic E-state index is 12.8. The predicted octanol–water partition coefficient (Wildman–Crippen LogP) is 3.53. The molecule has 0 unspecified atom stereocenters. The molecule has 2 rings (SSSR count). The first-order valence-corrected chi connectivity index (χ1v) is 6.25. The third-order valence-electron chi connectivity index (χ3n) is 2.53. The van der Waals surface area contributed by atoms with E-state index >= 15 is 0 Å². The summed E-state index contributed by atoms with van der Waals surface area (Å²) < 4.78 is 43.9. The number of nitrogens with two attached hydrogens (primary N) is 1. The number of para-hydroxylation sites is 1. The number of halogens is 3. The molecular weight excluding hydrogens is 283 g/mol. The fourth-order valence-corrected chi connectivity index (χ4v) is 1.77. The predicted molar refractivity (Wildman–Crippen MR) is 72.6 cm³/mol. The van der Waals surface area contributed by atoms with Gasteiger partial charge in [0.2, 0.25) is 5.82 Å². The second kappa shape index (κ2) is 5.59. The van der Waals surface area contributed by atoms with Crippen molar-refractivity contribution in [2.75, 3.05) is 5.73 Å². The zero-order valence-corrected chi connectivity index (χ0v) is 11.5. The number of aromatic nitrogens is 2. The van der Waals surface area contributed by atoms with E-state index in [1.54, 1.807) is 24.3 Å². The van der Waals surface area contributed by atoms with Crippen molar-refractivity contribution in [3.8, 4) is 17.0 Å². The van der Waals surface area contributed by atoms with Crippen LogP contribution in [-0.2, 0) is 6.18 Å². The molecule has 0 atom stereocenters. The molecule has 0 spiro atoms. The monoisotopic (exact) mass is 297 g/mol. The molecule has 1 aromatic heterocycles. The van der Waals surface area contributed by atoms with Crippen molar-refractivity contribution in [3.63, 3.8) is 0 Å². The van der Waals surface area contributed by atoms with E-state index in [4.69, 9.17) is 10.5 Å². The van der Waals surface area contributed by atoms with Crippen LogP contribution in [0.1, 0.15) is 19.7 Å². The molecular formula is C14H14F3N3O. The van der Waals surface area contributed by atoms with Crippen LogP contribution >= 0.6 is 0 Å². The second-order valence-corrected chi connectivity index (χ2v) is 4.66. The first-order chi connectivity index (χ1) is 9.77. The molecule has 1 aromatic carbocycles. The number of benzene rings is 1. The van der Waals surface area contributed by atoms with Crippen LogP contribution in [-0.4, -0.2) is 16.1 Å². The quantitative estimate of drug-likeness (QED) is 0.941.